The zero-order valence-electron chi connectivity index (χ0n) is 36.3. The summed E-state index contributed by atoms with van der Waals surface area (Å²) >= 11 is 0. The quantitative estimate of drug-likeness (QED) is 0.156. The maximum absolute atomic E-state index is 2.48. The standard InChI is InChI=1S/C58H57N/c1-56(2,3)45-32-35-54(52(39-45)42-22-14-11-15-23-42)59(48-33-30-41(31-34-48)40-20-12-10-13-21-40)53-29-17-16-26-50(53)51-28-19-25-43-24-18-27-49(55(43)51)44-36-46(57(4,5)6)38-47(37-44)58(7,8)9/h10-39H,1-9H3. The van der Waals surface area contributed by atoms with Crippen molar-refractivity contribution in [1.82, 2.24) is 0 Å². The van der Waals surface area contributed by atoms with Gasteiger partial charge in [0.05, 0.1) is 11.4 Å². The molecule has 0 N–H and O–H groups in total. The number of rotatable bonds is 7. The molecule has 0 spiro atoms. The molecule has 0 aliphatic carbocycles. The lowest BCUT2D eigenvalue weighted by molar-refractivity contribution is 0.569. The number of hydrogen-bond donors (Lipinski definition) is 0. The summed E-state index contributed by atoms with van der Waals surface area (Å²) in [5.74, 6) is 0. The molecule has 0 fully saturated rings. The van der Waals surface area contributed by atoms with E-state index in [0.717, 1.165) is 17.1 Å². The highest BCUT2D eigenvalue weighted by molar-refractivity contribution is 6.09. The van der Waals surface area contributed by atoms with Crippen LogP contribution in [0, 0.1) is 0 Å². The van der Waals surface area contributed by atoms with Gasteiger partial charge in [0, 0.05) is 16.8 Å². The second-order valence-electron chi connectivity index (χ2n) is 19.1. The van der Waals surface area contributed by atoms with Crippen molar-refractivity contribution in [2.24, 2.45) is 0 Å². The highest BCUT2D eigenvalue weighted by atomic mass is 15.1. The molecule has 8 rings (SSSR count). The lowest BCUT2D eigenvalue weighted by atomic mass is 9.78. The van der Waals surface area contributed by atoms with Crippen LogP contribution in [0.4, 0.5) is 17.1 Å². The van der Waals surface area contributed by atoms with E-state index in [1.54, 1.807) is 0 Å². The summed E-state index contributed by atoms with van der Waals surface area (Å²) in [7, 11) is 0. The van der Waals surface area contributed by atoms with Crippen LogP contribution < -0.4 is 4.90 Å². The van der Waals surface area contributed by atoms with E-state index in [1.807, 2.05) is 0 Å². The Morgan fingerprint density at radius 3 is 1.39 bits per heavy atom. The molecule has 8 aromatic rings. The first-order valence-corrected chi connectivity index (χ1v) is 21.1. The Morgan fingerprint density at radius 1 is 0.305 bits per heavy atom. The third-order valence-corrected chi connectivity index (χ3v) is 11.7. The lowest BCUT2D eigenvalue weighted by Crippen LogP contribution is -2.16. The van der Waals surface area contributed by atoms with Crippen LogP contribution in [0.25, 0.3) is 55.3 Å². The molecular formula is C58H57N. The molecule has 0 bridgehead atoms. The van der Waals surface area contributed by atoms with Crippen molar-refractivity contribution in [3.05, 3.63) is 199 Å². The molecule has 0 saturated carbocycles. The molecule has 0 amide bonds. The Hall–Kier alpha value is -6.18. The van der Waals surface area contributed by atoms with Crippen LogP contribution in [0.3, 0.4) is 0 Å². The van der Waals surface area contributed by atoms with E-state index in [9.17, 15) is 0 Å². The van der Waals surface area contributed by atoms with Crippen molar-refractivity contribution in [3.63, 3.8) is 0 Å². The third kappa shape index (κ3) is 8.12. The Morgan fingerprint density at radius 2 is 0.797 bits per heavy atom. The Balaban J connectivity index is 1.41. The van der Waals surface area contributed by atoms with Gasteiger partial charge in [-0.1, -0.05) is 214 Å². The minimum absolute atomic E-state index is 0.00554. The molecule has 0 unspecified atom stereocenters. The Kier molecular flexibility index (Phi) is 10.4. The van der Waals surface area contributed by atoms with Crippen molar-refractivity contribution in [3.8, 4) is 44.5 Å². The fraction of sp³-hybridized carbons (Fsp3) is 0.207. The summed E-state index contributed by atoms with van der Waals surface area (Å²) in [6.07, 6.45) is 0. The second-order valence-corrected chi connectivity index (χ2v) is 19.1. The van der Waals surface area contributed by atoms with Crippen LogP contribution in [-0.2, 0) is 16.2 Å². The minimum Gasteiger partial charge on any atom is -0.309 e. The predicted octanol–water partition coefficient (Wildman–Crippen LogP) is 16.9. The topological polar surface area (TPSA) is 3.24 Å². The molecule has 8 aromatic carbocycles. The second kappa shape index (κ2) is 15.5. The summed E-state index contributed by atoms with van der Waals surface area (Å²) in [5.41, 5.74) is 17.1. The van der Waals surface area contributed by atoms with Crippen LogP contribution in [0.5, 0.6) is 0 Å². The number of fused-ring (bicyclic) bond motifs is 1. The van der Waals surface area contributed by atoms with Gasteiger partial charge in [0.2, 0.25) is 0 Å². The zero-order valence-corrected chi connectivity index (χ0v) is 36.3. The minimum atomic E-state index is -0.0152. The highest BCUT2D eigenvalue weighted by Gasteiger charge is 2.26. The maximum Gasteiger partial charge on any atom is 0.0540 e. The third-order valence-electron chi connectivity index (χ3n) is 11.7. The summed E-state index contributed by atoms with van der Waals surface area (Å²) < 4.78 is 0. The summed E-state index contributed by atoms with van der Waals surface area (Å²) in [6, 6.07) is 67.5. The van der Waals surface area contributed by atoms with Gasteiger partial charge in [0.15, 0.2) is 0 Å². The van der Waals surface area contributed by atoms with Gasteiger partial charge < -0.3 is 4.90 Å². The van der Waals surface area contributed by atoms with E-state index in [4.69, 9.17) is 0 Å². The van der Waals surface area contributed by atoms with Crippen molar-refractivity contribution in [2.75, 3.05) is 4.90 Å². The van der Waals surface area contributed by atoms with Gasteiger partial charge in [-0.2, -0.15) is 0 Å². The lowest BCUT2D eigenvalue weighted by Gasteiger charge is -2.31. The van der Waals surface area contributed by atoms with E-state index in [0.29, 0.717) is 0 Å². The van der Waals surface area contributed by atoms with E-state index < -0.39 is 0 Å². The molecule has 0 saturated heterocycles. The number of hydrogen-bond acceptors (Lipinski definition) is 1. The molecule has 1 heteroatoms. The molecule has 59 heavy (non-hydrogen) atoms. The van der Waals surface area contributed by atoms with Gasteiger partial charge in [0.1, 0.15) is 0 Å². The van der Waals surface area contributed by atoms with Gasteiger partial charge in [-0.3, -0.25) is 0 Å². The molecule has 0 aliphatic rings. The molecular weight excluding hydrogens is 711 g/mol. The number of anilines is 3. The van der Waals surface area contributed by atoms with Crippen molar-refractivity contribution < 1.29 is 0 Å². The van der Waals surface area contributed by atoms with Crippen LogP contribution in [0.1, 0.15) is 79.0 Å². The number of nitrogens with zero attached hydrogens (tertiary/aromatic N) is 1. The molecule has 0 heterocycles. The van der Waals surface area contributed by atoms with Crippen molar-refractivity contribution in [2.45, 2.75) is 78.6 Å². The molecule has 0 aromatic heterocycles. The van der Waals surface area contributed by atoms with Crippen LogP contribution >= 0.6 is 0 Å². The number of benzene rings is 8. The Labute approximate surface area is 353 Å². The summed E-state index contributed by atoms with van der Waals surface area (Å²) in [4.78, 5) is 2.48. The SMILES string of the molecule is CC(C)(C)c1cc(-c2cccc3cccc(-c4ccccc4N(c4ccc(-c5ccccc5)cc4)c4ccc(C(C)(C)C)cc4-c4ccccc4)c23)cc(C(C)(C)C)c1. The average Bonchev–Trinajstić information content (AvgIpc) is 3.23. The van der Waals surface area contributed by atoms with Crippen LogP contribution in [0.2, 0.25) is 0 Å². The fourth-order valence-corrected chi connectivity index (χ4v) is 8.24. The van der Waals surface area contributed by atoms with Gasteiger partial charge in [0.25, 0.3) is 0 Å². The first kappa shape index (κ1) is 39.6. The smallest absolute Gasteiger partial charge is 0.0540 e. The van der Waals surface area contributed by atoms with E-state index >= 15 is 0 Å². The molecule has 294 valence electrons. The normalized spacial score (nSPS) is 12.2. The van der Waals surface area contributed by atoms with Gasteiger partial charge >= 0.3 is 0 Å². The number of para-hydroxylation sites is 1. The van der Waals surface area contributed by atoms with Crippen LogP contribution in [-0.4, -0.2) is 0 Å². The van der Waals surface area contributed by atoms with Gasteiger partial charge in [-0.15, -0.1) is 0 Å². The molecule has 0 radical (unpaired) electrons. The van der Waals surface area contributed by atoms with Crippen LogP contribution in [0.15, 0.2) is 182 Å². The maximum atomic E-state index is 2.48. The van der Waals surface area contributed by atoms with E-state index in [2.05, 4.69) is 249 Å². The molecule has 0 atom stereocenters. The van der Waals surface area contributed by atoms with Crippen molar-refractivity contribution >= 4 is 27.8 Å². The first-order chi connectivity index (χ1) is 28.2. The molecule has 0 aliphatic heterocycles. The Bertz CT molecular complexity index is 2700. The largest absolute Gasteiger partial charge is 0.309 e. The fourth-order valence-electron chi connectivity index (χ4n) is 8.24. The summed E-state index contributed by atoms with van der Waals surface area (Å²) in [5, 5.41) is 2.49. The molecule has 1 nitrogen and oxygen atoms in total. The van der Waals surface area contributed by atoms with Gasteiger partial charge in [-0.25, -0.2) is 0 Å². The summed E-state index contributed by atoms with van der Waals surface area (Å²) in [6.45, 7) is 20.8. The average molecular weight is 768 g/mol. The zero-order chi connectivity index (χ0) is 41.5. The monoisotopic (exact) mass is 767 g/mol. The highest BCUT2D eigenvalue weighted by Crippen LogP contribution is 2.48. The van der Waals surface area contributed by atoms with Crippen molar-refractivity contribution in [1.29, 1.82) is 0 Å². The van der Waals surface area contributed by atoms with E-state index in [1.165, 1.54) is 72.0 Å². The predicted molar refractivity (Wildman–Crippen MR) is 256 cm³/mol. The first-order valence-electron chi connectivity index (χ1n) is 21.1. The van der Waals surface area contributed by atoms with Gasteiger partial charge in [-0.05, 0) is 107 Å². The van der Waals surface area contributed by atoms with E-state index in [-0.39, 0.29) is 16.2 Å².